The summed E-state index contributed by atoms with van der Waals surface area (Å²) in [6, 6.07) is 10.4. The summed E-state index contributed by atoms with van der Waals surface area (Å²) in [5, 5.41) is 2.73. The van der Waals surface area contributed by atoms with Crippen LogP contribution in [0.4, 0.5) is 11.5 Å². The first-order chi connectivity index (χ1) is 8.15. The summed E-state index contributed by atoms with van der Waals surface area (Å²) in [5.74, 6) is 0.356. The van der Waals surface area contributed by atoms with Gasteiger partial charge in [-0.3, -0.25) is 4.79 Å². The molecule has 0 bridgehead atoms. The standard InChI is InChI=1S/C13H13N3O/c1-9-6-7-15-12(8-9)16-13(17)10-2-4-11(14)5-3-10/h2-8H,14H2,1H3,(H,15,16,17). The number of nitrogens with one attached hydrogen (secondary N) is 1. The number of nitrogens with two attached hydrogens (primary N) is 1. The molecule has 1 amide bonds. The van der Waals surface area contributed by atoms with Crippen LogP contribution in [0.2, 0.25) is 0 Å². The third kappa shape index (κ3) is 2.81. The zero-order valence-electron chi connectivity index (χ0n) is 9.47. The number of nitrogens with zero attached hydrogens (tertiary/aromatic N) is 1. The first-order valence-corrected chi connectivity index (χ1v) is 5.25. The molecule has 0 aliphatic carbocycles. The van der Waals surface area contributed by atoms with Gasteiger partial charge < -0.3 is 11.1 Å². The highest BCUT2D eigenvalue weighted by Gasteiger charge is 2.06. The molecule has 2 rings (SSSR count). The molecular weight excluding hydrogens is 214 g/mol. The zero-order chi connectivity index (χ0) is 12.3. The number of aryl methyl sites for hydroxylation is 1. The predicted octanol–water partition coefficient (Wildman–Crippen LogP) is 2.22. The molecule has 2 aromatic rings. The number of carbonyl (C=O) groups is 1. The number of amides is 1. The summed E-state index contributed by atoms with van der Waals surface area (Å²) in [5.41, 5.74) is 7.80. The normalized spacial score (nSPS) is 9.94. The number of hydrogen-bond donors (Lipinski definition) is 2. The summed E-state index contributed by atoms with van der Waals surface area (Å²) >= 11 is 0. The molecule has 0 radical (unpaired) electrons. The van der Waals surface area contributed by atoms with Crippen molar-refractivity contribution >= 4 is 17.4 Å². The maximum atomic E-state index is 11.8. The molecule has 0 saturated heterocycles. The molecule has 3 N–H and O–H groups in total. The van der Waals surface area contributed by atoms with Crippen LogP contribution in [0.3, 0.4) is 0 Å². The number of pyridine rings is 1. The van der Waals surface area contributed by atoms with Crippen molar-refractivity contribution in [3.05, 3.63) is 53.7 Å². The van der Waals surface area contributed by atoms with Gasteiger partial charge >= 0.3 is 0 Å². The van der Waals surface area contributed by atoms with Crippen LogP contribution in [0.15, 0.2) is 42.6 Å². The highest BCUT2D eigenvalue weighted by Crippen LogP contribution is 2.10. The Bertz CT molecular complexity index is 535. The zero-order valence-corrected chi connectivity index (χ0v) is 9.47. The van der Waals surface area contributed by atoms with Crippen molar-refractivity contribution in [2.24, 2.45) is 0 Å². The molecule has 0 atom stereocenters. The molecule has 0 spiro atoms. The van der Waals surface area contributed by atoms with Gasteiger partial charge in [0, 0.05) is 17.4 Å². The lowest BCUT2D eigenvalue weighted by molar-refractivity contribution is 0.102. The summed E-state index contributed by atoms with van der Waals surface area (Å²) in [4.78, 5) is 15.9. The van der Waals surface area contributed by atoms with Gasteiger partial charge in [-0.05, 0) is 48.9 Å². The molecule has 0 aliphatic rings. The molecule has 1 aromatic heterocycles. The first kappa shape index (κ1) is 11.1. The SMILES string of the molecule is Cc1ccnc(NC(=O)c2ccc(N)cc2)c1. The number of aromatic nitrogens is 1. The molecule has 0 unspecified atom stereocenters. The molecule has 0 fully saturated rings. The Kier molecular flexibility index (Phi) is 3.05. The third-order valence-electron chi connectivity index (χ3n) is 2.33. The Morgan fingerprint density at radius 3 is 2.59 bits per heavy atom. The summed E-state index contributed by atoms with van der Waals surface area (Å²) in [7, 11) is 0. The van der Waals surface area contributed by atoms with Crippen LogP contribution in [-0.4, -0.2) is 10.9 Å². The highest BCUT2D eigenvalue weighted by molar-refractivity contribution is 6.03. The van der Waals surface area contributed by atoms with E-state index in [2.05, 4.69) is 10.3 Å². The number of carbonyl (C=O) groups excluding carboxylic acids is 1. The van der Waals surface area contributed by atoms with E-state index >= 15 is 0 Å². The lowest BCUT2D eigenvalue weighted by Gasteiger charge is -2.05. The van der Waals surface area contributed by atoms with E-state index in [-0.39, 0.29) is 5.91 Å². The second kappa shape index (κ2) is 4.65. The van der Waals surface area contributed by atoms with Crippen molar-refractivity contribution in [2.75, 3.05) is 11.1 Å². The highest BCUT2D eigenvalue weighted by atomic mass is 16.1. The van der Waals surface area contributed by atoms with Gasteiger partial charge in [-0.15, -0.1) is 0 Å². The van der Waals surface area contributed by atoms with Crippen LogP contribution >= 0.6 is 0 Å². The second-order valence-corrected chi connectivity index (χ2v) is 3.79. The average molecular weight is 227 g/mol. The third-order valence-corrected chi connectivity index (χ3v) is 2.33. The fraction of sp³-hybridized carbons (Fsp3) is 0.0769. The molecule has 4 heteroatoms. The Morgan fingerprint density at radius 2 is 1.94 bits per heavy atom. The van der Waals surface area contributed by atoms with Gasteiger partial charge in [-0.25, -0.2) is 4.98 Å². The van der Waals surface area contributed by atoms with Gasteiger partial charge in [-0.2, -0.15) is 0 Å². The van der Waals surface area contributed by atoms with E-state index in [1.807, 2.05) is 19.1 Å². The molecule has 1 aromatic carbocycles. The van der Waals surface area contributed by atoms with Crippen molar-refractivity contribution in [2.45, 2.75) is 6.92 Å². The second-order valence-electron chi connectivity index (χ2n) is 3.79. The van der Waals surface area contributed by atoms with E-state index in [0.29, 0.717) is 17.1 Å². The van der Waals surface area contributed by atoms with Gasteiger partial charge in [0.1, 0.15) is 5.82 Å². The minimum absolute atomic E-state index is 0.192. The lowest BCUT2D eigenvalue weighted by Crippen LogP contribution is -2.12. The topological polar surface area (TPSA) is 68.0 Å². The monoisotopic (exact) mass is 227 g/mol. The lowest BCUT2D eigenvalue weighted by atomic mass is 10.2. The molecular formula is C13H13N3O. The van der Waals surface area contributed by atoms with Crippen LogP contribution in [0, 0.1) is 6.92 Å². The quantitative estimate of drug-likeness (QED) is 0.773. The van der Waals surface area contributed by atoms with Crippen molar-refractivity contribution in [1.82, 2.24) is 4.98 Å². The van der Waals surface area contributed by atoms with Crippen LogP contribution in [0.1, 0.15) is 15.9 Å². The fourth-order valence-corrected chi connectivity index (χ4v) is 1.43. The van der Waals surface area contributed by atoms with E-state index in [1.165, 1.54) is 0 Å². The minimum Gasteiger partial charge on any atom is -0.399 e. The molecule has 17 heavy (non-hydrogen) atoms. The van der Waals surface area contributed by atoms with Crippen molar-refractivity contribution in [3.63, 3.8) is 0 Å². The Morgan fingerprint density at radius 1 is 1.24 bits per heavy atom. The van der Waals surface area contributed by atoms with E-state index in [9.17, 15) is 4.79 Å². The number of rotatable bonds is 2. The number of benzene rings is 1. The smallest absolute Gasteiger partial charge is 0.256 e. The van der Waals surface area contributed by atoms with Crippen LogP contribution in [0.25, 0.3) is 0 Å². The average Bonchev–Trinajstić information content (AvgIpc) is 2.29. The molecule has 1 heterocycles. The largest absolute Gasteiger partial charge is 0.399 e. The van der Waals surface area contributed by atoms with Crippen LogP contribution in [0.5, 0.6) is 0 Å². The van der Waals surface area contributed by atoms with Gasteiger partial charge in [0.05, 0.1) is 0 Å². The van der Waals surface area contributed by atoms with E-state index in [0.717, 1.165) is 5.56 Å². The van der Waals surface area contributed by atoms with Gasteiger partial charge in [0.2, 0.25) is 0 Å². The van der Waals surface area contributed by atoms with Gasteiger partial charge in [-0.1, -0.05) is 0 Å². The summed E-state index contributed by atoms with van der Waals surface area (Å²) in [6.07, 6.45) is 1.66. The van der Waals surface area contributed by atoms with Crippen molar-refractivity contribution in [1.29, 1.82) is 0 Å². The minimum atomic E-state index is -0.192. The van der Waals surface area contributed by atoms with Crippen LogP contribution < -0.4 is 11.1 Å². The number of anilines is 2. The van der Waals surface area contributed by atoms with E-state index in [4.69, 9.17) is 5.73 Å². The molecule has 4 nitrogen and oxygen atoms in total. The van der Waals surface area contributed by atoms with Gasteiger partial charge in [0.25, 0.3) is 5.91 Å². The Hall–Kier alpha value is -2.36. The van der Waals surface area contributed by atoms with Gasteiger partial charge in [0.15, 0.2) is 0 Å². The molecule has 86 valence electrons. The van der Waals surface area contributed by atoms with Crippen molar-refractivity contribution < 1.29 is 4.79 Å². The van der Waals surface area contributed by atoms with E-state index in [1.54, 1.807) is 30.5 Å². The van der Waals surface area contributed by atoms with E-state index < -0.39 is 0 Å². The number of hydrogen-bond acceptors (Lipinski definition) is 3. The summed E-state index contributed by atoms with van der Waals surface area (Å²) in [6.45, 7) is 1.94. The fourth-order valence-electron chi connectivity index (χ4n) is 1.43. The molecule has 0 saturated carbocycles. The predicted molar refractivity (Wildman–Crippen MR) is 67.8 cm³/mol. The maximum Gasteiger partial charge on any atom is 0.256 e. The summed E-state index contributed by atoms with van der Waals surface area (Å²) < 4.78 is 0. The maximum absolute atomic E-state index is 11.8. The van der Waals surface area contributed by atoms with Crippen LogP contribution in [-0.2, 0) is 0 Å². The molecule has 0 aliphatic heterocycles. The Labute approximate surface area is 99.5 Å². The first-order valence-electron chi connectivity index (χ1n) is 5.25. The number of nitrogen functional groups attached to an aromatic ring is 1. The van der Waals surface area contributed by atoms with Crippen molar-refractivity contribution in [3.8, 4) is 0 Å². The Balaban J connectivity index is 2.14.